The van der Waals surface area contributed by atoms with Gasteiger partial charge < -0.3 is 15.1 Å². The molecule has 24 heavy (non-hydrogen) atoms. The summed E-state index contributed by atoms with van der Waals surface area (Å²) in [5.74, 6) is 1.51. The second-order valence-electron chi connectivity index (χ2n) is 6.92. The Labute approximate surface area is 143 Å². The van der Waals surface area contributed by atoms with E-state index in [0.29, 0.717) is 11.5 Å². The molecule has 1 aromatic heterocycles. The first-order valence-corrected chi connectivity index (χ1v) is 8.82. The standard InChI is InChI=1S/C18H25N5O/c1-14-3-2-8-23(13-14)18(24)21-16-6-9-22(10-7-16)17-5-4-15(11-19)12-20-17/h4-5,12,14,16H,2-3,6-10,13H2,1H3,(H,21,24)/t14-/m1/s1. The van der Waals surface area contributed by atoms with Gasteiger partial charge in [-0.05, 0) is 43.7 Å². The summed E-state index contributed by atoms with van der Waals surface area (Å²) in [6.45, 7) is 5.72. The molecule has 128 valence electrons. The molecule has 0 unspecified atom stereocenters. The number of nitrogens with one attached hydrogen (secondary N) is 1. The topological polar surface area (TPSA) is 72.3 Å². The van der Waals surface area contributed by atoms with Gasteiger partial charge in [-0.15, -0.1) is 0 Å². The van der Waals surface area contributed by atoms with Crippen molar-refractivity contribution in [2.75, 3.05) is 31.1 Å². The molecule has 6 heteroatoms. The Kier molecular flexibility index (Phi) is 5.19. The first kappa shape index (κ1) is 16.6. The van der Waals surface area contributed by atoms with E-state index in [0.717, 1.165) is 51.3 Å². The number of aromatic nitrogens is 1. The van der Waals surface area contributed by atoms with E-state index in [4.69, 9.17) is 5.26 Å². The Morgan fingerprint density at radius 1 is 1.29 bits per heavy atom. The van der Waals surface area contributed by atoms with Gasteiger partial charge in [0.05, 0.1) is 5.56 Å². The predicted octanol–water partition coefficient (Wildman–Crippen LogP) is 2.36. The van der Waals surface area contributed by atoms with Crippen molar-refractivity contribution in [2.45, 2.75) is 38.6 Å². The van der Waals surface area contributed by atoms with Crippen LogP contribution >= 0.6 is 0 Å². The van der Waals surface area contributed by atoms with Gasteiger partial charge in [-0.25, -0.2) is 9.78 Å². The number of anilines is 1. The van der Waals surface area contributed by atoms with Crippen LogP contribution in [0.3, 0.4) is 0 Å². The number of carbonyl (C=O) groups is 1. The van der Waals surface area contributed by atoms with Gasteiger partial charge in [0.2, 0.25) is 0 Å². The van der Waals surface area contributed by atoms with Crippen LogP contribution in [0.4, 0.5) is 10.6 Å². The number of piperidine rings is 2. The van der Waals surface area contributed by atoms with Crippen LogP contribution in [-0.4, -0.2) is 48.1 Å². The quantitative estimate of drug-likeness (QED) is 0.905. The van der Waals surface area contributed by atoms with Crippen molar-refractivity contribution < 1.29 is 4.79 Å². The van der Waals surface area contributed by atoms with Crippen LogP contribution < -0.4 is 10.2 Å². The minimum Gasteiger partial charge on any atom is -0.356 e. The number of urea groups is 1. The van der Waals surface area contributed by atoms with Gasteiger partial charge >= 0.3 is 6.03 Å². The highest BCUT2D eigenvalue weighted by Gasteiger charge is 2.25. The van der Waals surface area contributed by atoms with Crippen LogP contribution in [0.15, 0.2) is 18.3 Å². The van der Waals surface area contributed by atoms with Crippen LogP contribution in [0.5, 0.6) is 0 Å². The molecule has 0 spiro atoms. The third-order valence-electron chi connectivity index (χ3n) is 4.97. The summed E-state index contributed by atoms with van der Waals surface area (Å²) in [6, 6.07) is 6.12. The highest BCUT2D eigenvalue weighted by Crippen LogP contribution is 2.19. The number of carbonyl (C=O) groups excluding carboxylic acids is 1. The lowest BCUT2D eigenvalue weighted by molar-refractivity contribution is 0.164. The zero-order valence-electron chi connectivity index (χ0n) is 14.2. The summed E-state index contributed by atoms with van der Waals surface area (Å²) in [4.78, 5) is 20.9. The second kappa shape index (κ2) is 7.52. The summed E-state index contributed by atoms with van der Waals surface area (Å²) in [5, 5.41) is 12.0. The van der Waals surface area contributed by atoms with Gasteiger partial charge in [-0.3, -0.25) is 0 Å². The van der Waals surface area contributed by atoms with Crippen molar-refractivity contribution in [1.82, 2.24) is 15.2 Å². The van der Waals surface area contributed by atoms with Crippen molar-refractivity contribution in [3.63, 3.8) is 0 Å². The molecule has 2 aliphatic rings. The fourth-order valence-electron chi connectivity index (χ4n) is 3.53. The number of pyridine rings is 1. The highest BCUT2D eigenvalue weighted by atomic mass is 16.2. The number of rotatable bonds is 2. The largest absolute Gasteiger partial charge is 0.356 e. The maximum atomic E-state index is 12.4. The van der Waals surface area contributed by atoms with Gasteiger partial charge in [0.1, 0.15) is 11.9 Å². The molecule has 0 radical (unpaired) electrons. The van der Waals surface area contributed by atoms with E-state index in [1.165, 1.54) is 6.42 Å². The fourth-order valence-corrected chi connectivity index (χ4v) is 3.53. The molecule has 2 amide bonds. The minimum absolute atomic E-state index is 0.0940. The highest BCUT2D eigenvalue weighted by molar-refractivity contribution is 5.74. The number of nitriles is 1. The molecule has 2 aliphatic heterocycles. The van der Waals surface area contributed by atoms with Crippen molar-refractivity contribution in [2.24, 2.45) is 5.92 Å². The summed E-state index contributed by atoms with van der Waals surface area (Å²) >= 11 is 0. The molecule has 1 N–H and O–H groups in total. The number of hydrogen-bond acceptors (Lipinski definition) is 4. The van der Waals surface area contributed by atoms with Gasteiger partial charge in [-0.1, -0.05) is 6.92 Å². The number of amides is 2. The van der Waals surface area contributed by atoms with E-state index in [2.05, 4.69) is 28.2 Å². The Morgan fingerprint density at radius 3 is 2.71 bits per heavy atom. The van der Waals surface area contributed by atoms with Crippen LogP contribution in [0.1, 0.15) is 38.2 Å². The summed E-state index contributed by atoms with van der Waals surface area (Å²) in [5.41, 5.74) is 0.580. The van der Waals surface area contributed by atoms with Crippen LogP contribution in [-0.2, 0) is 0 Å². The maximum absolute atomic E-state index is 12.4. The lowest BCUT2D eigenvalue weighted by Gasteiger charge is -2.36. The van der Waals surface area contributed by atoms with Gasteiger partial charge in [0, 0.05) is 38.4 Å². The summed E-state index contributed by atoms with van der Waals surface area (Å²) in [7, 11) is 0. The maximum Gasteiger partial charge on any atom is 0.317 e. The van der Waals surface area contributed by atoms with Crippen LogP contribution in [0.25, 0.3) is 0 Å². The third-order valence-corrected chi connectivity index (χ3v) is 4.97. The first-order chi connectivity index (χ1) is 11.7. The molecule has 1 aromatic rings. The Balaban J connectivity index is 1.48. The van der Waals surface area contributed by atoms with E-state index in [1.807, 2.05) is 11.0 Å². The molecule has 0 aliphatic carbocycles. The zero-order valence-corrected chi connectivity index (χ0v) is 14.2. The third kappa shape index (κ3) is 3.97. The predicted molar refractivity (Wildman–Crippen MR) is 92.7 cm³/mol. The molecule has 0 bridgehead atoms. The van der Waals surface area contributed by atoms with E-state index in [1.54, 1.807) is 12.3 Å². The molecule has 0 saturated carbocycles. The van der Waals surface area contributed by atoms with E-state index in [-0.39, 0.29) is 12.1 Å². The molecule has 2 saturated heterocycles. The monoisotopic (exact) mass is 327 g/mol. The van der Waals surface area contributed by atoms with Gasteiger partial charge in [0.15, 0.2) is 0 Å². The first-order valence-electron chi connectivity index (χ1n) is 8.82. The van der Waals surface area contributed by atoms with Gasteiger partial charge in [-0.2, -0.15) is 5.26 Å². The number of hydrogen-bond donors (Lipinski definition) is 1. The average molecular weight is 327 g/mol. The SMILES string of the molecule is C[C@@H]1CCCN(C(=O)NC2CCN(c3ccc(C#N)cn3)CC2)C1. The lowest BCUT2D eigenvalue weighted by Crippen LogP contribution is -2.51. The zero-order chi connectivity index (χ0) is 16.9. The smallest absolute Gasteiger partial charge is 0.317 e. The molecule has 2 fully saturated rings. The van der Waals surface area contributed by atoms with Crippen LogP contribution in [0.2, 0.25) is 0 Å². The van der Waals surface area contributed by atoms with Crippen molar-refractivity contribution >= 4 is 11.8 Å². The Morgan fingerprint density at radius 2 is 2.08 bits per heavy atom. The summed E-state index contributed by atoms with van der Waals surface area (Å²) < 4.78 is 0. The van der Waals surface area contributed by atoms with Crippen molar-refractivity contribution in [3.05, 3.63) is 23.9 Å². The van der Waals surface area contributed by atoms with Crippen molar-refractivity contribution in [1.29, 1.82) is 5.26 Å². The van der Waals surface area contributed by atoms with E-state index >= 15 is 0 Å². The molecule has 3 rings (SSSR count). The fraction of sp³-hybridized carbons (Fsp3) is 0.611. The Bertz CT molecular complexity index is 601. The van der Waals surface area contributed by atoms with Crippen LogP contribution in [0, 0.1) is 17.2 Å². The molecular formula is C18H25N5O. The second-order valence-corrected chi connectivity index (χ2v) is 6.92. The number of nitrogens with zero attached hydrogens (tertiary/aromatic N) is 4. The van der Waals surface area contributed by atoms with E-state index < -0.39 is 0 Å². The molecule has 6 nitrogen and oxygen atoms in total. The van der Waals surface area contributed by atoms with Crippen molar-refractivity contribution in [3.8, 4) is 6.07 Å². The average Bonchev–Trinajstić information content (AvgIpc) is 2.62. The molecule has 1 atom stereocenters. The number of likely N-dealkylation sites (tertiary alicyclic amines) is 1. The molecular weight excluding hydrogens is 302 g/mol. The van der Waals surface area contributed by atoms with E-state index in [9.17, 15) is 4.79 Å². The molecule has 3 heterocycles. The Hall–Kier alpha value is -2.29. The molecule has 0 aromatic carbocycles. The summed E-state index contributed by atoms with van der Waals surface area (Å²) in [6.07, 6.45) is 5.80. The minimum atomic E-state index is 0.0940. The van der Waals surface area contributed by atoms with Gasteiger partial charge in [0.25, 0.3) is 0 Å². The lowest BCUT2D eigenvalue weighted by atomic mass is 10.0. The normalized spacial score (nSPS) is 22.1.